The summed E-state index contributed by atoms with van der Waals surface area (Å²) in [6, 6.07) is -0.201. The molecule has 0 atom stereocenters. The van der Waals surface area contributed by atoms with Crippen LogP contribution in [0.15, 0.2) is 0 Å². The number of nitrogens with one attached hydrogen (secondary N) is 1. The number of ether oxygens (including phenoxy) is 1. The maximum atomic E-state index is 11.8. The lowest BCUT2D eigenvalue weighted by molar-refractivity contribution is -0.143. The molecule has 3 amide bonds. The van der Waals surface area contributed by atoms with Gasteiger partial charge in [-0.2, -0.15) is 0 Å². The average Bonchev–Trinajstić information content (AvgIpc) is 2.39. The van der Waals surface area contributed by atoms with Crippen LogP contribution >= 0.6 is 0 Å². The van der Waals surface area contributed by atoms with Crippen molar-refractivity contribution in [2.24, 2.45) is 0 Å². The highest BCUT2D eigenvalue weighted by atomic mass is 16.5. The molecule has 108 valence electrons. The molecule has 1 N–H and O–H groups in total. The number of hydrogen-bond acceptors (Lipinski definition) is 4. The Hall–Kier alpha value is -1.79. The highest BCUT2D eigenvalue weighted by molar-refractivity contribution is 5.77. The summed E-state index contributed by atoms with van der Waals surface area (Å²) in [5.74, 6) is -0.286. The van der Waals surface area contributed by atoms with Crippen LogP contribution in [0.2, 0.25) is 0 Å². The first-order chi connectivity index (χ1) is 9.04. The first kappa shape index (κ1) is 15.3. The molecule has 1 aliphatic heterocycles. The third-order valence-corrected chi connectivity index (χ3v) is 2.92. The average molecular weight is 271 g/mol. The van der Waals surface area contributed by atoms with Crippen molar-refractivity contribution in [1.82, 2.24) is 15.1 Å². The minimum Gasteiger partial charge on any atom is -0.466 e. The number of esters is 1. The zero-order chi connectivity index (χ0) is 14.3. The Morgan fingerprint density at radius 2 is 1.68 bits per heavy atom. The molecule has 0 radical (unpaired) electrons. The molecule has 0 unspecified atom stereocenters. The Morgan fingerprint density at radius 1 is 1.11 bits per heavy atom. The van der Waals surface area contributed by atoms with Crippen LogP contribution in [0.1, 0.15) is 20.3 Å². The number of hydrogen-bond donors (Lipinski definition) is 1. The lowest BCUT2D eigenvalue weighted by Crippen LogP contribution is -2.52. The second kappa shape index (κ2) is 7.60. The summed E-state index contributed by atoms with van der Waals surface area (Å²) < 4.78 is 4.76. The molecule has 0 aromatic heterocycles. The van der Waals surface area contributed by atoms with E-state index in [4.69, 9.17) is 4.74 Å². The van der Waals surface area contributed by atoms with E-state index < -0.39 is 0 Å². The van der Waals surface area contributed by atoms with Gasteiger partial charge in [0.1, 0.15) is 0 Å². The molecule has 0 aromatic rings. The molecular formula is C12H21N3O4. The third kappa shape index (κ3) is 5.15. The van der Waals surface area contributed by atoms with Gasteiger partial charge in [-0.25, -0.2) is 4.79 Å². The van der Waals surface area contributed by atoms with Crippen molar-refractivity contribution in [2.45, 2.75) is 20.3 Å². The number of carbonyl (C=O) groups is 3. The summed E-state index contributed by atoms with van der Waals surface area (Å²) in [6.45, 7) is 6.03. The second-order valence-corrected chi connectivity index (χ2v) is 4.28. The molecule has 0 aliphatic carbocycles. The summed E-state index contributed by atoms with van der Waals surface area (Å²) >= 11 is 0. The van der Waals surface area contributed by atoms with E-state index in [0.29, 0.717) is 32.8 Å². The van der Waals surface area contributed by atoms with Crippen LogP contribution in [0.5, 0.6) is 0 Å². The fourth-order valence-corrected chi connectivity index (χ4v) is 1.84. The Labute approximate surface area is 112 Å². The maximum Gasteiger partial charge on any atom is 0.317 e. The zero-order valence-electron chi connectivity index (χ0n) is 11.5. The second-order valence-electron chi connectivity index (χ2n) is 4.28. The molecule has 0 spiro atoms. The molecule has 0 saturated carbocycles. The number of amides is 3. The topological polar surface area (TPSA) is 79.0 Å². The maximum absolute atomic E-state index is 11.8. The van der Waals surface area contributed by atoms with Crippen molar-refractivity contribution in [3.05, 3.63) is 0 Å². The Balaban J connectivity index is 2.21. The molecule has 1 aliphatic rings. The van der Waals surface area contributed by atoms with Crippen LogP contribution in [-0.4, -0.2) is 67.0 Å². The van der Waals surface area contributed by atoms with E-state index in [2.05, 4.69) is 5.32 Å². The molecule has 0 bridgehead atoms. The van der Waals surface area contributed by atoms with E-state index in [0.717, 1.165) is 0 Å². The number of piperazine rings is 1. The van der Waals surface area contributed by atoms with E-state index in [-0.39, 0.29) is 30.9 Å². The molecular weight excluding hydrogens is 250 g/mol. The van der Waals surface area contributed by atoms with Gasteiger partial charge in [0.2, 0.25) is 5.91 Å². The van der Waals surface area contributed by atoms with E-state index in [9.17, 15) is 14.4 Å². The molecule has 19 heavy (non-hydrogen) atoms. The van der Waals surface area contributed by atoms with Gasteiger partial charge >= 0.3 is 12.0 Å². The van der Waals surface area contributed by atoms with Gasteiger partial charge in [0, 0.05) is 39.6 Å². The minimum absolute atomic E-state index is 0.0300. The molecule has 7 nitrogen and oxygen atoms in total. The third-order valence-electron chi connectivity index (χ3n) is 2.92. The van der Waals surface area contributed by atoms with E-state index in [1.165, 1.54) is 6.92 Å². The molecule has 7 heteroatoms. The van der Waals surface area contributed by atoms with Crippen LogP contribution < -0.4 is 5.32 Å². The predicted octanol–water partition coefficient (Wildman–Crippen LogP) is -0.187. The smallest absolute Gasteiger partial charge is 0.317 e. The van der Waals surface area contributed by atoms with Gasteiger partial charge in [0.25, 0.3) is 0 Å². The van der Waals surface area contributed by atoms with Crippen molar-refractivity contribution in [1.29, 1.82) is 0 Å². The van der Waals surface area contributed by atoms with Crippen molar-refractivity contribution >= 4 is 17.9 Å². The van der Waals surface area contributed by atoms with Crippen molar-refractivity contribution in [2.75, 3.05) is 39.3 Å². The van der Waals surface area contributed by atoms with Crippen molar-refractivity contribution in [3.8, 4) is 0 Å². The highest BCUT2D eigenvalue weighted by Gasteiger charge is 2.21. The normalized spacial score (nSPS) is 15.1. The predicted molar refractivity (Wildman–Crippen MR) is 68.5 cm³/mol. The number of carbonyl (C=O) groups excluding carboxylic acids is 3. The Morgan fingerprint density at radius 3 is 2.21 bits per heavy atom. The van der Waals surface area contributed by atoms with Gasteiger partial charge in [-0.15, -0.1) is 0 Å². The lowest BCUT2D eigenvalue weighted by atomic mass is 10.3. The van der Waals surface area contributed by atoms with Crippen molar-refractivity contribution in [3.63, 3.8) is 0 Å². The number of rotatable bonds is 4. The Bertz CT molecular complexity index is 338. The van der Waals surface area contributed by atoms with Gasteiger partial charge < -0.3 is 19.9 Å². The zero-order valence-corrected chi connectivity index (χ0v) is 11.5. The summed E-state index contributed by atoms with van der Waals surface area (Å²) in [4.78, 5) is 37.4. The summed E-state index contributed by atoms with van der Waals surface area (Å²) in [6.07, 6.45) is 0.174. The molecule has 1 saturated heterocycles. The summed E-state index contributed by atoms with van der Waals surface area (Å²) in [7, 11) is 0. The minimum atomic E-state index is -0.316. The summed E-state index contributed by atoms with van der Waals surface area (Å²) in [5.41, 5.74) is 0. The monoisotopic (exact) mass is 271 g/mol. The quantitative estimate of drug-likeness (QED) is 0.719. The van der Waals surface area contributed by atoms with E-state index in [1.54, 1.807) is 16.7 Å². The lowest BCUT2D eigenvalue weighted by Gasteiger charge is -2.34. The number of nitrogens with zero attached hydrogens (tertiary/aromatic N) is 2. The fraction of sp³-hybridized carbons (Fsp3) is 0.750. The molecule has 1 heterocycles. The highest BCUT2D eigenvalue weighted by Crippen LogP contribution is 2.02. The van der Waals surface area contributed by atoms with Crippen molar-refractivity contribution < 1.29 is 19.1 Å². The summed E-state index contributed by atoms with van der Waals surface area (Å²) in [5, 5.41) is 2.67. The molecule has 1 fully saturated rings. The SMILES string of the molecule is CCOC(=O)CCNC(=O)N1CCN(C(C)=O)CC1. The van der Waals surface area contributed by atoms with Gasteiger partial charge in [0.05, 0.1) is 13.0 Å². The van der Waals surface area contributed by atoms with Crippen LogP contribution in [0, 0.1) is 0 Å². The Kier molecular flexibility index (Phi) is 6.11. The first-order valence-electron chi connectivity index (χ1n) is 6.48. The van der Waals surface area contributed by atoms with E-state index in [1.807, 2.05) is 0 Å². The van der Waals surface area contributed by atoms with Crippen LogP contribution in [0.3, 0.4) is 0 Å². The van der Waals surface area contributed by atoms with Gasteiger partial charge in [0.15, 0.2) is 0 Å². The van der Waals surface area contributed by atoms with Crippen LogP contribution in [0.4, 0.5) is 4.79 Å². The molecule has 1 rings (SSSR count). The molecule has 0 aromatic carbocycles. The van der Waals surface area contributed by atoms with Gasteiger partial charge in [-0.05, 0) is 6.92 Å². The van der Waals surface area contributed by atoms with Gasteiger partial charge in [-0.1, -0.05) is 0 Å². The number of urea groups is 1. The standard InChI is InChI=1S/C12H21N3O4/c1-3-19-11(17)4-5-13-12(18)15-8-6-14(7-9-15)10(2)16/h3-9H2,1-2H3,(H,13,18). The van der Waals surface area contributed by atoms with Crippen LogP contribution in [0.25, 0.3) is 0 Å². The first-order valence-corrected chi connectivity index (χ1v) is 6.48. The van der Waals surface area contributed by atoms with E-state index >= 15 is 0 Å². The fourth-order valence-electron chi connectivity index (χ4n) is 1.84. The van der Waals surface area contributed by atoms with Crippen LogP contribution in [-0.2, 0) is 14.3 Å². The largest absolute Gasteiger partial charge is 0.466 e. The van der Waals surface area contributed by atoms with Gasteiger partial charge in [-0.3, -0.25) is 9.59 Å².